The maximum Gasteiger partial charge on any atom is 0.138 e. The number of halogens is 1. The van der Waals surface area contributed by atoms with E-state index in [-0.39, 0.29) is 5.75 Å². The van der Waals surface area contributed by atoms with Gasteiger partial charge in [0, 0.05) is 6.54 Å². The lowest BCUT2D eigenvalue weighted by Gasteiger charge is -2.14. The summed E-state index contributed by atoms with van der Waals surface area (Å²) in [5.74, 6) is 0.110. The molecule has 1 unspecified atom stereocenters. The summed E-state index contributed by atoms with van der Waals surface area (Å²) in [6.45, 7) is 0.337. The van der Waals surface area contributed by atoms with Crippen molar-refractivity contribution in [2.75, 3.05) is 20.6 Å². The van der Waals surface area contributed by atoms with Gasteiger partial charge in [0.05, 0.1) is 0 Å². The standard InChI is InChI=1S/C10H14FNO/c1-12(2)7-10(11)8-4-3-5-9(13)6-8/h3-6,10,13H,7H2,1-2H3. The van der Waals surface area contributed by atoms with Crippen molar-refractivity contribution in [1.82, 2.24) is 4.90 Å². The molecule has 3 heteroatoms. The topological polar surface area (TPSA) is 23.5 Å². The van der Waals surface area contributed by atoms with Crippen molar-refractivity contribution in [3.63, 3.8) is 0 Å². The summed E-state index contributed by atoms with van der Waals surface area (Å²) >= 11 is 0. The van der Waals surface area contributed by atoms with Gasteiger partial charge >= 0.3 is 0 Å². The smallest absolute Gasteiger partial charge is 0.138 e. The molecule has 13 heavy (non-hydrogen) atoms. The van der Waals surface area contributed by atoms with Crippen LogP contribution in [0, 0.1) is 0 Å². The van der Waals surface area contributed by atoms with Crippen molar-refractivity contribution in [3.05, 3.63) is 29.8 Å². The Morgan fingerprint density at radius 2 is 2.15 bits per heavy atom. The summed E-state index contributed by atoms with van der Waals surface area (Å²) in [4.78, 5) is 1.77. The van der Waals surface area contributed by atoms with E-state index in [9.17, 15) is 4.39 Å². The number of benzene rings is 1. The summed E-state index contributed by atoms with van der Waals surface area (Å²) in [7, 11) is 3.63. The van der Waals surface area contributed by atoms with Crippen LogP contribution in [0.4, 0.5) is 4.39 Å². The van der Waals surface area contributed by atoms with Crippen LogP contribution in [0.25, 0.3) is 0 Å². The zero-order valence-electron chi connectivity index (χ0n) is 7.87. The number of rotatable bonds is 3. The van der Waals surface area contributed by atoms with E-state index >= 15 is 0 Å². The Morgan fingerprint density at radius 3 is 2.69 bits per heavy atom. The first-order valence-corrected chi connectivity index (χ1v) is 4.17. The third kappa shape index (κ3) is 3.03. The fourth-order valence-corrected chi connectivity index (χ4v) is 1.15. The molecule has 72 valence electrons. The van der Waals surface area contributed by atoms with Crippen LogP contribution in [0.3, 0.4) is 0 Å². The molecule has 0 saturated heterocycles. The molecular weight excluding hydrogens is 169 g/mol. The molecule has 0 fully saturated rings. The molecule has 0 aliphatic heterocycles. The van der Waals surface area contributed by atoms with Crippen LogP contribution in [0.15, 0.2) is 24.3 Å². The highest BCUT2D eigenvalue weighted by atomic mass is 19.1. The van der Waals surface area contributed by atoms with Gasteiger partial charge in [0.1, 0.15) is 11.9 Å². The van der Waals surface area contributed by atoms with Crippen LogP contribution in [-0.4, -0.2) is 30.6 Å². The molecule has 2 nitrogen and oxygen atoms in total. The molecular formula is C10H14FNO. The number of phenolic OH excluding ortho intramolecular Hbond substituents is 1. The van der Waals surface area contributed by atoms with Gasteiger partial charge in [0.2, 0.25) is 0 Å². The SMILES string of the molecule is CN(C)CC(F)c1cccc(O)c1. The van der Waals surface area contributed by atoms with Gasteiger partial charge in [0.15, 0.2) is 0 Å². The molecule has 1 N–H and O–H groups in total. The van der Waals surface area contributed by atoms with Crippen LogP contribution in [0.1, 0.15) is 11.7 Å². The average molecular weight is 183 g/mol. The van der Waals surface area contributed by atoms with Crippen molar-refractivity contribution < 1.29 is 9.50 Å². The number of hydrogen-bond donors (Lipinski definition) is 1. The Kier molecular flexibility index (Phi) is 3.25. The minimum absolute atomic E-state index is 0.110. The van der Waals surface area contributed by atoms with Gasteiger partial charge in [-0.1, -0.05) is 12.1 Å². The molecule has 1 aromatic rings. The Morgan fingerprint density at radius 1 is 1.46 bits per heavy atom. The van der Waals surface area contributed by atoms with Crippen molar-refractivity contribution in [2.24, 2.45) is 0 Å². The molecule has 1 aromatic carbocycles. The summed E-state index contributed by atoms with van der Waals surface area (Å²) in [6.07, 6.45) is -1.04. The fraction of sp³-hybridized carbons (Fsp3) is 0.400. The van der Waals surface area contributed by atoms with Crippen molar-refractivity contribution >= 4 is 0 Å². The molecule has 0 saturated carbocycles. The van der Waals surface area contributed by atoms with Gasteiger partial charge in [-0.15, -0.1) is 0 Å². The second kappa shape index (κ2) is 4.23. The van der Waals surface area contributed by atoms with Crippen molar-refractivity contribution in [1.29, 1.82) is 0 Å². The highest BCUT2D eigenvalue weighted by Crippen LogP contribution is 2.21. The van der Waals surface area contributed by atoms with E-state index in [2.05, 4.69) is 0 Å². The van der Waals surface area contributed by atoms with Crippen LogP contribution in [0.2, 0.25) is 0 Å². The van der Waals surface area contributed by atoms with E-state index in [0.29, 0.717) is 12.1 Å². The van der Waals surface area contributed by atoms with Crippen LogP contribution in [0.5, 0.6) is 5.75 Å². The number of likely N-dealkylation sites (N-methyl/N-ethyl adjacent to an activating group) is 1. The lowest BCUT2D eigenvalue weighted by atomic mass is 10.1. The Labute approximate surface area is 77.6 Å². The monoisotopic (exact) mass is 183 g/mol. The molecule has 0 aliphatic rings. The van der Waals surface area contributed by atoms with E-state index < -0.39 is 6.17 Å². The fourth-order valence-electron chi connectivity index (χ4n) is 1.15. The summed E-state index contributed by atoms with van der Waals surface area (Å²) in [6, 6.07) is 6.31. The molecule has 0 spiro atoms. The van der Waals surface area contributed by atoms with E-state index in [1.165, 1.54) is 12.1 Å². The van der Waals surface area contributed by atoms with Gasteiger partial charge < -0.3 is 10.0 Å². The largest absolute Gasteiger partial charge is 0.508 e. The lowest BCUT2D eigenvalue weighted by Crippen LogP contribution is -2.17. The summed E-state index contributed by atoms with van der Waals surface area (Å²) in [5, 5.41) is 9.12. The number of phenols is 1. The molecule has 0 amide bonds. The van der Waals surface area contributed by atoms with Crippen LogP contribution >= 0.6 is 0 Å². The van der Waals surface area contributed by atoms with E-state index in [4.69, 9.17) is 5.11 Å². The van der Waals surface area contributed by atoms with E-state index in [0.717, 1.165) is 0 Å². The third-order valence-corrected chi connectivity index (χ3v) is 1.76. The Balaban J connectivity index is 2.71. The molecule has 0 heterocycles. The van der Waals surface area contributed by atoms with Gasteiger partial charge in [-0.2, -0.15) is 0 Å². The first-order valence-electron chi connectivity index (χ1n) is 4.17. The number of nitrogens with zero attached hydrogens (tertiary/aromatic N) is 1. The normalized spacial score (nSPS) is 13.2. The quantitative estimate of drug-likeness (QED) is 0.774. The number of aromatic hydroxyl groups is 1. The highest BCUT2D eigenvalue weighted by molar-refractivity contribution is 5.28. The highest BCUT2D eigenvalue weighted by Gasteiger charge is 2.10. The molecule has 1 atom stereocenters. The zero-order valence-corrected chi connectivity index (χ0v) is 7.87. The third-order valence-electron chi connectivity index (χ3n) is 1.76. The van der Waals surface area contributed by atoms with Crippen molar-refractivity contribution in [3.8, 4) is 5.75 Å². The average Bonchev–Trinajstić information content (AvgIpc) is 2.03. The Hall–Kier alpha value is -1.09. The Bertz CT molecular complexity index is 275. The van der Waals surface area contributed by atoms with E-state index in [1.54, 1.807) is 17.0 Å². The molecule has 0 bridgehead atoms. The maximum absolute atomic E-state index is 13.4. The molecule has 0 aromatic heterocycles. The number of alkyl halides is 1. The van der Waals surface area contributed by atoms with Crippen molar-refractivity contribution in [2.45, 2.75) is 6.17 Å². The zero-order chi connectivity index (χ0) is 9.84. The summed E-state index contributed by atoms with van der Waals surface area (Å²) in [5.41, 5.74) is 0.522. The van der Waals surface area contributed by atoms with Gasteiger partial charge in [-0.3, -0.25) is 0 Å². The van der Waals surface area contributed by atoms with Gasteiger partial charge in [0.25, 0.3) is 0 Å². The second-order valence-electron chi connectivity index (χ2n) is 3.32. The van der Waals surface area contributed by atoms with Gasteiger partial charge in [-0.25, -0.2) is 4.39 Å². The minimum Gasteiger partial charge on any atom is -0.508 e. The molecule has 0 radical (unpaired) electrons. The second-order valence-corrected chi connectivity index (χ2v) is 3.32. The first-order chi connectivity index (χ1) is 6.09. The minimum atomic E-state index is -1.04. The predicted octanol–water partition coefficient (Wildman–Crippen LogP) is 1.96. The molecule has 1 rings (SSSR count). The van der Waals surface area contributed by atoms with Crippen LogP contribution < -0.4 is 0 Å². The summed E-state index contributed by atoms with van der Waals surface area (Å²) < 4.78 is 13.4. The first kappa shape index (κ1) is 9.99. The van der Waals surface area contributed by atoms with Gasteiger partial charge in [-0.05, 0) is 31.8 Å². The van der Waals surface area contributed by atoms with E-state index in [1.807, 2.05) is 14.1 Å². The predicted molar refractivity (Wildman–Crippen MR) is 50.5 cm³/mol. The maximum atomic E-state index is 13.4. The van der Waals surface area contributed by atoms with Crippen LogP contribution in [-0.2, 0) is 0 Å². The number of hydrogen-bond acceptors (Lipinski definition) is 2. The lowest BCUT2D eigenvalue weighted by molar-refractivity contribution is 0.250. The molecule has 0 aliphatic carbocycles.